The van der Waals surface area contributed by atoms with Crippen molar-refractivity contribution >= 4 is 17.6 Å². The van der Waals surface area contributed by atoms with Gasteiger partial charge in [-0.05, 0) is 43.3 Å². The minimum absolute atomic E-state index is 0.0355. The normalized spacial score (nSPS) is 11.2. The smallest absolute Gasteiger partial charge is 0.416 e. The van der Waals surface area contributed by atoms with E-state index in [1.54, 1.807) is 31.2 Å². The van der Waals surface area contributed by atoms with Crippen LogP contribution in [0, 0.1) is 0 Å². The average Bonchev–Trinajstić information content (AvgIpc) is 3.13. The molecule has 30 heavy (non-hydrogen) atoms. The quantitative estimate of drug-likeness (QED) is 0.579. The van der Waals surface area contributed by atoms with Gasteiger partial charge in [-0.1, -0.05) is 12.1 Å². The molecule has 0 bridgehead atoms. The molecule has 0 aliphatic heterocycles. The molecule has 1 aromatic heterocycles. The van der Waals surface area contributed by atoms with Crippen LogP contribution in [0.2, 0.25) is 0 Å². The Morgan fingerprint density at radius 2 is 1.80 bits per heavy atom. The molecular formula is C21H17F3N2O4. The van der Waals surface area contributed by atoms with Gasteiger partial charge in [-0.25, -0.2) is 9.78 Å². The number of hydrogen-bond acceptors (Lipinski definition) is 5. The summed E-state index contributed by atoms with van der Waals surface area (Å²) in [5, 5.41) is 2.62. The van der Waals surface area contributed by atoms with Crippen LogP contribution in [0.25, 0.3) is 22.8 Å². The first kappa shape index (κ1) is 21.1. The standard InChI is InChI=1S/C21H17F3N2O4/c1-3-29-20(28)17-18(14-5-4-6-16(11-14)25-12(2)27)30-19(26-17)13-7-9-15(10-8-13)21(22,23)24/h4-11H,3H2,1-2H3,(H,25,27). The molecule has 0 fully saturated rings. The highest BCUT2D eigenvalue weighted by atomic mass is 19.4. The number of oxazole rings is 1. The molecule has 0 atom stereocenters. The van der Waals surface area contributed by atoms with Gasteiger partial charge in [0.05, 0.1) is 12.2 Å². The van der Waals surface area contributed by atoms with Crippen molar-refractivity contribution in [2.24, 2.45) is 0 Å². The number of benzene rings is 2. The lowest BCUT2D eigenvalue weighted by molar-refractivity contribution is -0.137. The number of nitrogens with zero attached hydrogens (tertiary/aromatic N) is 1. The Kier molecular flexibility index (Phi) is 5.91. The van der Waals surface area contributed by atoms with E-state index in [2.05, 4.69) is 10.3 Å². The van der Waals surface area contributed by atoms with E-state index in [1.165, 1.54) is 19.1 Å². The van der Waals surface area contributed by atoms with Crippen LogP contribution in [0.15, 0.2) is 52.9 Å². The third-order valence-corrected chi connectivity index (χ3v) is 4.00. The van der Waals surface area contributed by atoms with E-state index in [9.17, 15) is 22.8 Å². The van der Waals surface area contributed by atoms with Gasteiger partial charge < -0.3 is 14.5 Å². The Bertz CT molecular complexity index is 1070. The van der Waals surface area contributed by atoms with Crippen LogP contribution in [0.3, 0.4) is 0 Å². The van der Waals surface area contributed by atoms with Crippen molar-refractivity contribution in [1.82, 2.24) is 4.98 Å². The zero-order valence-corrected chi connectivity index (χ0v) is 16.0. The highest BCUT2D eigenvalue weighted by Crippen LogP contribution is 2.34. The number of nitrogens with one attached hydrogen (secondary N) is 1. The van der Waals surface area contributed by atoms with Crippen molar-refractivity contribution in [2.45, 2.75) is 20.0 Å². The predicted octanol–water partition coefficient (Wildman–Crippen LogP) is 5.16. The van der Waals surface area contributed by atoms with Gasteiger partial charge >= 0.3 is 12.1 Å². The monoisotopic (exact) mass is 418 g/mol. The van der Waals surface area contributed by atoms with E-state index in [4.69, 9.17) is 9.15 Å². The molecule has 0 spiro atoms. The Balaban J connectivity index is 2.06. The third kappa shape index (κ3) is 4.68. The van der Waals surface area contributed by atoms with Crippen LogP contribution in [0.4, 0.5) is 18.9 Å². The van der Waals surface area contributed by atoms with Gasteiger partial charge in [-0.3, -0.25) is 4.79 Å². The number of alkyl halides is 3. The van der Waals surface area contributed by atoms with Crippen LogP contribution >= 0.6 is 0 Å². The second kappa shape index (κ2) is 8.40. The SMILES string of the molecule is CCOC(=O)c1nc(-c2ccc(C(F)(F)F)cc2)oc1-c1cccc(NC(C)=O)c1. The van der Waals surface area contributed by atoms with Gasteiger partial charge in [0.25, 0.3) is 0 Å². The summed E-state index contributed by atoms with van der Waals surface area (Å²) in [6.07, 6.45) is -4.47. The molecule has 0 aliphatic rings. The molecule has 0 unspecified atom stereocenters. The zero-order valence-electron chi connectivity index (χ0n) is 16.0. The molecule has 2 aromatic carbocycles. The maximum Gasteiger partial charge on any atom is 0.416 e. The molecule has 1 amide bonds. The molecule has 6 nitrogen and oxygen atoms in total. The zero-order chi connectivity index (χ0) is 21.9. The van der Waals surface area contributed by atoms with Crippen molar-refractivity contribution in [3.8, 4) is 22.8 Å². The number of ether oxygens (including phenoxy) is 1. The van der Waals surface area contributed by atoms with E-state index in [1.807, 2.05) is 0 Å². The highest BCUT2D eigenvalue weighted by molar-refractivity contribution is 5.95. The minimum atomic E-state index is -4.47. The molecule has 3 rings (SSSR count). The lowest BCUT2D eigenvalue weighted by Gasteiger charge is -2.06. The fraction of sp³-hybridized carbons (Fsp3) is 0.190. The highest BCUT2D eigenvalue weighted by Gasteiger charge is 2.30. The molecule has 156 valence electrons. The third-order valence-electron chi connectivity index (χ3n) is 4.00. The number of carbonyl (C=O) groups is 2. The number of hydrogen-bond donors (Lipinski definition) is 1. The second-order valence-electron chi connectivity index (χ2n) is 6.25. The van der Waals surface area contributed by atoms with E-state index in [0.29, 0.717) is 11.3 Å². The lowest BCUT2D eigenvalue weighted by Crippen LogP contribution is -2.07. The summed E-state index contributed by atoms with van der Waals surface area (Å²) >= 11 is 0. The average molecular weight is 418 g/mol. The maximum atomic E-state index is 12.8. The van der Waals surface area contributed by atoms with Crippen molar-refractivity contribution in [3.05, 3.63) is 59.8 Å². The first-order chi connectivity index (χ1) is 14.2. The molecule has 0 radical (unpaired) electrons. The molecule has 1 heterocycles. The first-order valence-electron chi connectivity index (χ1n) is 8.92. The van der Waals surface area contributed by atoms with Crippen molar-refractivity contribution in [3.63, 3.8) is 0 Å². The van der Waals surface area contributed by atoms with Gasteiger partial charge in [-0.15, -0.1) is 0 Å². The van der Waals surface area contributed by atoms with E-state index >= 15 is 0 Å². The fourth-order valence-electron chi connectivity index (χ4n) is 2.72. The summed E-state index contributed by atoms with van der Waals surface area (Å²) in [5.74, 6) is -0.970. The number of halogens is 3. The van der Waals surface area contributed by atoms with E-state index < -0.39 is 17.7 Å². The van der Waals surface area contributed by atoms with Crippen LogP contribution in [-0.2, 0) is 15.7 Å². The van der Waals surface area contributed by atoms with Gasteiger partial charge in [0, 0.05) is 23.7 Å². The Morgan fingerprint density at radius 3 is 2.40 bits per heavy atom. The second-order valence-corrected chi connectivity index (χ2v) is 6.25. The van der Waals surface area contributed by atoms with E-state index in [0.717, 1.165) is 12.1 Å². The topological polar surface area (TPSA) is 81.4 Å². The maximum absolute atomic E-state index is 12.8. The number of aromatic nitrogens is 1. The molecule has 9 heteroatoms. The van der Waals surface area contributed by atoms with Crippen LogP contribution < -0.4 is 5.32 Å². The van der Waals surface area contributed by atoms with Crippen molar-refractivity contribution in [2.75, 3.05) is 11.9 Å². The predicted molar refractivity (Wildman–Crippen MR) is 103 cm³/mol. The number of esters is 1. The molecule has 1 N–H and O–H groups in total. The van der Waals surface area contributed by atoms with E-state index in [-0.39, 0.29) is 35.4 Å². The molecule has 0 aliphatic carbocycles. The summed E-state index contributed by atoms with van der Waals surface area (Å²) in [7, 11) is 0. The van der Waals surface area contributed by atoms with Crippen LogP contribution in [0.1, 0.15) is 29.9 Å². The van der Waals surface area contributed by atoms with Gasteiger partial charge in [0.15, 0.2) is 11.5 Å². The van der Waals surface area contributed by atoms with Gasteiger partial charge in [0.1, 0.15) is 0 Å². The lowest BCUT2D eigenvalue weighted by atomic mass is 10.1. The number of amides is 1. The Labute approximate surface area is 169 Å². The summed E-state index contributed by atoms with van der Waals surface area (Å²) in [6, 6.07) is 10.8. The Morgan fingerprint density at radius 1 is 1.10 bits per heavy atom. The molecule has 3 aromatic rings. The molecule has 0 saturated carbocycles. The van der Waals surface area contributed by atoms with Crippen molar-refractivity contribution < 1.29 is 31.9 Å². The largest absolute Gasteiger partial charge is 0.461 e. The summed E-state index contributed by atoms with van der Waals surface area (Å²) in [6.45, 7) is 3.09. The summed E-state index contributed by atoms with van der Waals surface area (Å²) in [4.78, 5) is 27.8. The summed E-state index contributed by atoms with van der Waals surface area (Å²) in [5.41, 5.74) is 0.244. The Hall–Kier alpha value is -3.62. The molecule has 0 saturated heterocycles. The number of carbonyl (C=O) groups excluding carboxylic acids is 2. The summed E-state index contributed by atoms with van der Waals surface area (Å²) < 4.78 is 49.2. The number of anilines is 1. The molecular weight excluding hydrogens is 401 g/mol. The number of rotatable bonds is 5. The van der Waals surface area contributed by atoms with Crippen molar-refractivity contribution in [1.29, 1.82) is 0 Å². The fourth-order valence-corrected chi connectivity index (χ4v) is 2.72. The van der Waals surface area contributed by atoms with Gasteiger partial charge in [0.2, 0.25) is 11.8 Å². The van der Waals surface area contributed by atoms with Crippen LogP contribution in [0.5, 0.6) is 0 Å². The van der Waals surface area contributed by atoms with Crippen LogP contribution in [-0.4, -0.2) is 23.5 Å². The van der Waals surface area contributed by atoms with Gasteiger partial charge in [-0.2, -0.15) is 13.2 Å². The minimum Gasteiger partial charge on any atom is -0.461 e. The first-order valence-corrected chi connectivity index (χ1v) is 8.92.